The molecule has 0 amide bonds. The van der Waals surface area contributed by atoms with Gasteiger partial charge in [0, 0.05) is 16.3 Å². The second kappa shape index (κ2) is 5.34. The first-order valence-corrected chi connectivity index (χ1v) is 5.85. The van der Waals surface area contributed by atoms with E-state index in [0.29, 0.717) is 6.42 Å². The van der Waals surface area contributed by atoms with Crippen LogP contribution >= 0.6 is 22.6 Å². The van der Waals surface area contributed by atoms with Crippen molar-refractivity contribution in [1.82, 2.24) is 0 Å². The molecule has 0 saturated heterocycles. The fraction of sp³-hybridized carbons (Fsp3) is 0.364. The maximum Gasteiger partial charge on any atom is 0.326 e. The Kier molecular flexibility index (Phi) is 4.38. The first-order valence-electron chi connectivity index (χ1n) is 4.77. The Morgan fingerprint density at radius 3 is 2.40 bits per heavy atom. The van der Waals surface area contributed by atoms with Crippen LogP contribution in [0.25, 0.3) is 0 Å². The lowest BCUT2D eigenvalue weighted by atomic mass is 10.2. The van der Waals surface area contributed by atoms with Crippen LogP contribution in [0.4, 0.5) is 5.69 Å². The third-order valence-corrected chi connectivity index (χ3v) is 3.09. The van der Waals surface area contributed by atoms with Crippen molar-refractivity contribution in [3.63, 3.8) is 0 Å². The molecule has 15 heavy (non-hydrogen) atoms. The van der Waals surface area contributed by atoms with E-state index < -0.39 is 12.0 Å². The van der Waals surface area contributed by atoms with Gasteiger partial charge in [-0.15, -0.1) is 0 Å². The van der Waals surface area contributed by atoms with Gasteiger partial charge in [-0.25, -0.2) is 4.79 Å². The van der Waals surface area contributed by atoms with Gasteiger partial charge in [-0.1, -0.05) is 6.92 Å². The van der Waals surface area contributed by atoms with Crippen LogP contribution in [0, 0.1) is 3.57 Å². The van der Waals surface area contributed by atoms with Gasteiger partial charge in [-0.05, 0) is 53.3 Å². The summed E-state index contributed by atoms with van der Waals surface area (Å²) < 4.78 is 1.15. The van der Waals surface area contributed by atoms with E-state index in [9.17, 15) is 4.79 Å². The van der Waals surface area contributed by atoms with Crippen LogP contribution in [0.3, 0.4) is 0 Å². The third kappa shape index (κ3) is 3.09. The van der Waals surface area contributed by atoms with Crippen LogP contribution < -0.4 is 4.90 Å². The molecule has 4 heteroatoms. The van der Waals surface area contributed by atoms with Crippen molar-refractivity contribution in [2.75, 3.05) is 11.9 Å². The highest BCUT2D eigenvalue weighted by Gasteiger charge is 2.20. The number of hydrogen-bond donors (Lipinski definition) is 1. The lowest BCUT2D eigenvalue weighted by molar-refractivity contribution is -0.138. The molecule has 0 aliphatic heterocycles. The highest BCUT2D eigenvalue weighted by Crippen LogP contribution is 2.18. The Bertz CT molecular complexity index is 337. The van der Waals surface area contributed by atoms with E-state index in [4.69, 9.17) is 5.11 Å². The molecule has 1 N–H and O–H groups in total. The summed E-state index contributed by atoms with van der Waals surface area (Å²) in [6, 6.07) is 7.37. The first-order chi connectivity index (χ1) is 7.06. The molecule has 1 atom stereocenters. The number of hydrogen-bond acceptors (Lipinski definition) is 2. The molecule has 1 aromatic rings. The number of carboxylic acid groups (broad SMARTS) is 1. The van der Waals surface area contributed by atoms with Crippen LogP contribution in [0.15, 0.2) is 24.3 Å². The van der Waals surface area contributed by atoms with Crippen molar-refractivity contribution in [1.29, 1.82) is 0 Å². The van der Waals surface area contributed by atoms with Gasteiger partial charge in [0.1, 0.15) is 6.04 Å². The van der Waals surface area contributed by atoms with Gasteiger partial charge >= 0.3 is 5.97 Å². The topological polar surface area (TPSA) is 40.5 Å². The molecule has 0 aromatic heterocycles. The summed E-state index contributed by atoms with van der Waals surface area (Å²) in [6.45, 7) is 1.88. The maximum atomic E-state index is 11.0. The van der Waals surface area contributed by atoms with Crippen LogP contribution in [0.1, 0.15) is 13.3 Å². The van der Waals surface area contributed by atoms with Gasteiger partial charge in [0.25, 0.3) is 0 Å². The quantitative estimate of drug-likeness (QED) is 0.867. The minimum Gasteiger partial charge on any atom is -0.480 e. The number of anilines is 1. The highest BCUT2D eigenvalue weighted by atomic mass is 127. The highest BCUT2D eigenvalue weighted by molar-refractivity contribution is 14.1. The van der Waals surface area contributed by atoms with E-state index in [1.807, 2.05) is 38.2 Å². The second-order valence-electron chi connectivity index (χ2n) is 3.35. The zero-order chi connectivity index (χ0) is 11.4. The first kappa shape index (κ1) is 12.3. The number of aliphatic carboxylic acids is 1. The molecule has 0 saturated carbocycles. The lowest BCUT2D eigenvalue weighted by Gasteiger charge is -2.25. The SMILES string of the molecule is CC[C@H](C(=O)O)N(C)c1ccc(I)cc1. The molecule has 0 heterocycles. The van der Waals surface area contributed by atoms with Crippen molar-refractivity contribution in [3.8, 4) is 0 Å². The van der Waals surface area contributed by atoms with Gasteiger partial charge in [-0.2, -0.15) is 0 Å². The molecule has 0 spiro atoms. The van der Waals surface area contributed by atoms with Gasteiger partial charge < -0.3 is 10.0 Å². The molecular weight excluding hydrogens is 305 g/mol. The summed E-state index contributed by atoms with van der Waals surface area (Å²) in [7, 11) is 1.81. The summed E-state index contributed by atoms with van der Waals surface area (Å²) in [5.41, 5.74) is 0.935. The monoisotopic (exact) mass is 319 g/mol. The summed E-state index contributed by atoms with van der Waals surface area (Å²) >= 11 is 2.23. The minimum absolute atomic E-state index is 0.454. The molecular formula is C11H14INO2. The van der Waals surface area contributed by atoms with Crippen LogP contribution in [0.5, 0.6) is 0 Å². The largest absolute Gasteiger partial charge is 0.480 e. The number of benzene rings is 1. The second-order valence-corrected chi connectivity index (χ2v) is 4.60. The van der Waals surface area contributed by atoms with Gasteiger partial charge in [0.05, 0.1) is 0 Å². The third-order valence-electron chi connectivity index (χ3n) is 2.37. The van der Waals surface area contributed by atoms with E-state index in [1.165, 1.54) is 0 Å². The zero-order valence-corrected chi connectivity index (χ0v) is 10.9. The summed E-state index contributed by atoms with van der Waals surface area (Å²) in [5, 5.41) is 9.02. The van der Waals surface area contributed by atoms with E-state index in [2.05, 4.69) is 22.6 Å². The smallest absolute Gasteiger partial charge is 0.326 e. The van der Waals surface area contributed by atoms with Crippen LogP contribution in [0.2, 0.25) is 0 Å². The lowest BCUT2D eigenvalue weighted by Crippen LogP contribution is -2.37. The molecule has 0 bridgehead atoms. The molecule has 0 unspecified atom stereocenters. The maximum absolute atomic E-state index is 11.0. The van der Waals surface area contributed by atoms with Crippen molar-refractivity contribution in [3.05, 3.63) is 27.8 Å². The number of halogens is 1. The Labute approximate surface area is 103 Å². The van der Waals surface area contributed by atoms with Crippen molar-refractivity contribution in [2.45, 2.75) is 19.4 Å². The number of carboxylic acids is 1. The number of nitrogens with zero attached hydrogens (tertiary/aromatic N) is 1. The Morgan fingerprint density at radius 2 is 2.00 bits per heavy atom. The number of likely N-dealkylation sites (N-methyl/N-ethyl adjacent to an activating group) is 1. The molecule has 0 aliphatic rings. The predicted molar refractivity (Wildman–Crippen MR) is 69.3 cm³/mol. The Balaban J connectivity index is 2.87. The van der Waals surface area contributed by atoms with Gasteiger partial charge in [-0.3, -0.25) is 0 Å². The fourth-order valence-corrected chi connectivity index (χ4v) is 1.83. The van der Waals surface area contributed by atoms with E-state index in [-0.39, 0.29) is 0 Å². The van der Waals surface area contributed by atoms with E-state index in [0.717, 1.165) is 9.26 Å². The molecule has 0 fully saturated rings. The predicted octanol–water partition coefficient (Wildman–Crippen LogP) is 2.59. The summed E-state index contributed by atoms with van der Waals surface area (Å²) in [6.07, 6.45) is 0.595. The minimum atomic E-state index is -0.779. The Morgan fingerprint density at radius 1 is 1.47 bits per heavy atom. The Hall–Kier alpha value is -0.780. The fourth-order valence-electron chi connectivity index (χ4n) is 1.47. The molecule has 1 rings (SSSR count). The zero-order valence-electron chi connectivity index (χ0n) is 8.77. The number of carbonyl (C=O) groups is 1. The van der Waals surface area contributed by atoms with Crippen molar-refractivity contribution < 1.29 is 9.90 Å². The van der Waals surface area contributed by atoms with E-state index in [1.54, 1.807) is 4.90 Å². The van der Waals surface area contributed by atoms with Crippen molar-refractivity contribution >= 4 is 34.2 Å². The van der Waals surface area contributed by atoms with Crippen LogP contribution in [-0.4, -0.2) is 24.2 Å². The summed E-state index contributed by atoms with van der Waals surface area (Å²) in [4.78, 5) is 12.8. The summed E-state index contributed by atoms with van der Waals surface area (Å²) in [5.74, 6) is -0.779. The average molecular weight is 319 g/mol. The normalized spacial score (nSPS) is 12.2. The van der Waals surface area contributed by atoms with E-state index >= 15 is 0 Å². The van der Waals surface area contributed by atoms with Gasteiger partial charge in [0.2, 0.25) is 0 Å². The average Bonchev–Trinajstić information content (AvgIpc) is 2.19. The molecule has 1 aromatic carbocycles. The molecule has 0 aliphatic carbocycles. The molecule has 3 nitrogen and oxygen atoms in total. The molecule has 0 radical (unpaired) electrons. The van der Waals surface area contributed by atoms with Crippen LogP contribution in [-0.2, 0) is 4.79 Å². The molecule has 82 valence electrons. The van der Waals surface area contributed by atoms with Crippen molar-refractivity contribution in [2.24, 2.45) is 0 Å². The standard InChI is InChI=1S/C11H14INO2/c1-3-10(11(14)15)13(2)9-6-4-8(12)5-7-9/h4-7,10H,3H2,1-2H3,(H,14,15)/t10-/m1/s1. The van der Waals surface area contributed by atoms with Gasteiger partial charge in [0.15, 0.2) is 0 Å². The number of rotatable bonds is 4.